The minimum Gasteiger partial charge on any atom is -0.443 e. The van der Waals surface area contributed by atoms with Crippen molar-refractivity contribution in [2.24, 2.45) is 0 Å². The van der Waals surface area contributed by atoms with Crippen LogP contribution in [-0.4, -0.2) is 45.0 Å². The SMILES string of the molecule is CC(C)(C)OC(=O)n1cncc1/C=C1/CN(C(c2ccccc2)(c2ccccc2)c2ccccc2)CCC1=O. The molecule has 0 N–H and O–H groups in total. The molecule has 0 saturated carbocycles. The van der Waals surface area contributed by atoms with Crippen LogP contribution in [-0.2, 0) is 15.1 Å². The topological polar surface area (TPSA) is 64.4 Å². The van der Waals surface area contributed by atoms with Gasteiger partial charge in [-0.2, -0.15) is 0 Å². The fourth-order valence-corrected chi connectivity index (χ4v) is 5.32. The Bertz CT molecular complexity index is 1370. The Morgan fingerprint density at radius 3 is 1.85 bits per heavy atom. The zero-order chi connectivity index (χ0) is 27.5. The summed E-state index contributed by atoms with van der Waals surface area (Å²) in [6.45, 7) is 6.44. The van der Waals surface area contributed by atoms with E-state index in [4.69, 9.17) is 4.74 Å². The summed E-state index contributed by atoms with van der Waals surface area (Å²) in [6, 6.07) is 31.3. The number of carbonyl (C=O) groups excluding carboxylic acids is 2. The van der Waals surface area contributed by atoms with Gasteiger partial charge in [0.2, 0.25) is 0 Å². The minimum absolute atomic E-state index is 0.0614. The van der Waals surface area contributed by atoms with Gasteiger partial charge in [-0.15, -0.1) is 0 Å². The summed E-state index contributed by atoms with van der Waals surface area (Å²) in [6.07, 6.45) is 4.62. The Labute approximate surface area is 229 Å². The number of piperidine rings is 1. The third-order valence-electron chi connectivity index (χ3n) is 6.96. The second kappa shape index (κ2) is 10.8. The zero-order valence-electron chi connectivity index (χ0n) is 22.6. The first kappa shape index (κ1) is 26.3. The molecule has 1 fully saturated rings. The van der Waals surface area contributed by atoms with E-state index in [0.717, 1.165) is 16.7 Å². The molecule has 6 nitrogen and oxygen atoms in total. The van der Waals surface area contributed by atoms with Crippen LogP contribution in [0.1, 0.15) is 49.6 Å². The Morgan fingerprint density at radius 2 is 1.36 bits per heavy atom. The van der Waals surface area contributed by atoms with E-state index in [2.05, 4.69) is 82.7 Å². The van der Waals surface area contributed by atoms with Crippen molar-refractivity contribution in [3.8, 4) is 0 Å². The van der Waals surface area contributed by atoms with Gasteiger partial charge in [-0.25, -0.2) is 14.3 Å². The number of ketones is 1. The van der Waals surface area contributed by atoms with E-state index >= 15 is 0 Å². The summed E-state index contributed by atoms with van der Waals surface area (Å²) in [7, 11) is 0. The Balaban J connectivity index is 1.63. The van der Waals surface area contributed by atoms with E-state index in [1.807, 2.05) is 39.0 Å². The molecule has 6 heteroatoms. The van der Waals surface area contributed by atoms with Gasteiger partial charge in [-0.1, -0.05) is 91.0 Å². The lowest BCUT2D eigenvalue weighted by Gasteiger charge is -2.47. The van der Waals surface area contributed by atoms with Gasteiger partial charge in [0, 0.05) is 25.1 Å². The van der Waals surface area contributed by atoms with E-state index in [0.29, 0.717) is 30.8 Å². The molecule has 1 aliphatic rings. The summed E-state index contributed by atoms with van der Waals surface area (Å²) in [4.78, 5) is 32.6. The predicted octanol–water partition coefficient (Wildman–Crippen LogP) is 6.32. The number of Topliss-reactive ketones (excluding diaryl/α,β-unsaturated/α-hetero) is 1. The molecule has 0 radical (unpaired) electrons. The molecule has 3 aromatic carbocycles. The number of nitrogens with zero attached hydrogens (tertiary/aromatic N) is 3. The third kappa shape index (κ3) is 5.33. The van der Waals surface area contributed by atoms with Crippen LogP contribution < -0.4 is 0 Å². The van der Waals surface area contributed by atoms with E-state index in [1.165, 1.54) is 10.9 Å². The first-order valence-corrected chi connectivity index (χ1v) is 13.2. The van der Waals surface area contributed by atoms with Crippen LogP contribution in [0.5, 0.6) is 0 Å². The standard InChI is InChI=1S/C33H33N3O3/c1-32(2,3)39-31(38)36-24-34-22-29(36)21-25-23-35(20-19-30(25)37)33(26-13-7-4-8-14-26,27-15-9-5-10-16-27)28-17-11-6-12-18-28/h4-18,21-22,24H,19-20,23H2,1-3H3/b25-21-. The molecule has 0 aliphatic carbocycles. The molecule has 2 heterocycles. The van der Waals surface area contributed by atoms with Crippen molar-refractivity contribution in [3.05, 3.63) is 131 Å². The zero-order valence-corrected chi connectivity index (χ0v) is 22.6. The lowest BCUT2D eigenvalue weighted by Crippen LogP contribution is -2.52. The average molecular weight is 520 g/mol. The molecule has 1 aromatic heterocycles. The number of ether oxygens (including phenoxy) is 1. The summed E-state index contributed by atoms with van der Waals surface area (Å²) in [5, 5.41) is 0. The quantitative estimate of drug-likeness (QED) is 0.228. The molecule has 198 valence electrons. The van der Waals surface area contributed by atoms with Gasteiger partial charge in [0.15, 0.2) is 5.78 Å². The van der Waals surface area contributed by atoms with Gasteiger partial charge in [-0.3, -0.25) is 9.69 Å². The maximum absolute atomic E-state index is 13.3. The predicted molar refractivity (Wildman–Crippen MR) is 152 cm³/mol. The molecule has 0 amide bonds. The number of aromatic nitrogens is 2. The Kier molecular flexibility index (Phi) is 7.31. The van der Waals surface area contributed by atoms with Crippen LogP contribution in [0.4, 0.5) is 4.79 Å². The van der Waals surface area contributed by atoms with Crippen molar-refractivity contribution in [3.63, 3.8) is 0 Å². The smallest absolute Gasteiger partial charge is 0.420 e. The molecule has 4 aromatic rings. The second-order valence-corrected chi connectivity index (χ2v) is 10.7. The number of benzene rings is 3. The van der Waals surface area contributed by atoms with E-state index in [1.54, 1.807) is 12.3 Å². The minimum atomic E-state index is -0.649. The summed E-state index contributed by atoms with van der Waals surface area (Å²) in [5.74, 6) is 0.0614. The van der Waals surface area contributed by atoms with E-state index in [9.17, 15) is 9.59 Å². The number of likely N-dealkylation sites (tertiary alicyclic amines) is 1. The number of carbonyl (C=O) groups is 2. The summed E-state index contributed by atoms with van der Waals surface area (Å²) < 4.78 is 6.90. The highest BCUT2D eigenvalue weighted by atomic mass is 16.6. The van der Waals surface area contributed by atoms with Crippen molar-refractivity contribution in [2.75, 3.05) is 13.1 Å². The van der Waals surface area contributed by atoms with Crippen LogP contribution in [0, 0.1) is 0 Å². The highest BCUT2D eigenvalue weighted by Crippen LogP contribution is 2.44. The molecule has 0 unspecified atom stereocenters. The number of imidazole rings is 1. The van der Waals surface area contributed by atoms with Crippen molar-refractivity contribution in [2.45, 2.75) is 38.3 Å². The van der Waals surface area contributed by atoms with Crippen LogP contribution in [0.25, 0.3) is 6.08 Å². The molecule has 0 spiro atoms. The van der Waals surface area contributed by atoms with Crippen molar-refractivity contribution >= 4 is 18.0 Å². The summed E-state index contributed by atoms with van der Waals surface area (Å²) >= 11 is 0. The maximum atomic E-state index is 13.3. The normalized spacial score (nSPS) is 15.9. The molecule has 5 rings (SSSR count). The van der Waals surface area contributed by atoms with Gasteiger partial charge >= 0.3 is 6.09 Å². The van der Waals surface area contributed by atoms with Crippen LogP contribution in [0.3, 0.4) is 0 Å². The Morgan fingerprint density at radius 1 is 0.846 bits per heavy atom. The van der Waals surface area contributed by atoms with Crippen LogP contribution in [0.2, 0.25) is 0 Å². The number of rotatable bonds is 5. The molecular formula is C33H33N3O3. The monoisotopic (exact) mass is 519 g/mol. The fourth-order valence-electron chi connectivity index (χ4n) is 5.32. The molecule has 0 atom stereocenters. The van der Waals surface area contributed by atoms with Crippen molar-refractivity contribution in [1.29, 1.82) is 0 Å². The average Bonchev–Trinajstić information content (AvgIpc) is 3.40. The lowest BCUT2D eigenvalue weighted by atomic mass is 9.74. The molecule has 39 heavy (non-hydrogen) atoms. The fraction of sp³-hybridized carbons (Fsp3) is 0.242. The van der Waals surface area contributed by atoms with Gasteiger partial charge in [0.1, 0.15) is 11.9 Å². The van der Waals surface area contributed by atoms with Crippen molar-refractivity contribution in [1.82, 2.24) is 14.5 Å². The Hall–Kier alpha value is -4.29. The van der Waals surface area contributed by atoms with Gasteiger partial charge < -0.3 is 4.74 Å². The lowest BCUT2D eigenvalue weighted by molar-refractivity contribution is -0.117. The highest BCUT2D eigenvalue weighted by Gasteiger charge is 2.44. The molecule has 0 bridgehead atoms. The third-order valence-corrected chi connectivity index (χ3v) is 6.96. The van der Waals surface area contributed by atoms with Crippen LogP contribution >= 0.6 is 0 Å². The molecular weight excluding hydrogens is 486 g/mol. The summed E-state index contributed by atoms with van der Waals surface area (Å²) in [5.41, 5.74) is 3.22. The second-order valence-electron chi connectivity index (χ2n) is 10.7. The van der Waals surface area contributed by atoms with Gasteiger partial charge in [-0.05, 0) is 43.5 Å². The number of hydrogen-bond acceptors (Lipinski definition) is 5. The largest absolute Gasteiger partial charge is 0.443 e. The highest BCUT2D eigenvalue weighted by molar-refractivity contribution is 6.01. The molecule has 1 aliphatic heterocycles. The van der Waals surface area contributed by atoms with Gasteiger partial charge in [0.05, 0.1) is 17.4 Å². The van der Waals surface area contributed by atoms with Gasteiger partial charge in [0.25, 0.3) is 0 Å². The van der Waals surface area contributed by atoms with E-state index < -0.39 is 17.2 Å². The number of hydrogen-bond donors (Lipinski definition) is 0. The van der Waals surface area contributed by atoms with E-state index in [-0.39, 0.29) is 5.78 Å². The molecule has 1 saturated heterocycles. The first-order valence-electron chi connectivity index (χ1n) is 13.2. The first-order chi connectivity index (χ1) is 18.8. The van der Waals surface area contributed by atoms with Crippen molar-refractivity contribution < 1.29 is 14.3 Å². The maximum Gasteiger partial charge on any atom is 0.420 e. The van der Waals surface area contributed by atoms with Crippen LogP contribution in [0.15, 0.2) is 109 Å².